The van der Waals surface area contributed by atoms with Crippen LogP contribution in [0.2, 0.25) is 0 Å². The molecule has 2 bridgehead atoms. The topological polar surface area (TPSA) is 86.9 Å². The van der Waals surface area contributed by atoms with E-state index < -0.39 is 0 Å². The minimum Gasteiger partial charge on any atom is -0.508 e. The fourth-order valence-electron chi connectivity index (χ4n) is 5.20. The first-order valence-electron chi connectivity index (χ1n) is 10.2. The Morgan fingerprint density at radius 3 is 2.26 bits per heavy atom. The van der Waals surface area contributed by atoms with Crippen LogP contribution in [0, 0.1) is 17.8 Å². The molecule has 0 radical (unpaired) electrons. The molecule has 4 rings (SSSR count). The predicted octanol–water partition coefficient (Wildman–Crippen LogP) is 1.83. The molecule has 0 aromatic heterocycles. The van der Waals surface area contributed by atoms with Crippen LogP contribution in [0.3, 0.4) is 0 Å². The lowest BCUT2D eigenvalue weighted by atomic mass is 9.65. The maximum atomic E-state index is 13.0. The number of carbonyl (C=O) groups is 2. The fourth-order valence-corrected chi connectivity index (χ4v) is 5.20. The summed E-state index contributed by atoms with van der Waals surface area (Å²) in [6.45, 7) is 2.25. The SMILES string of the molecule is NC1C2CCCC1CC(C(=O)N1CCN(C(=O)c3cccc(O)c3)CC1)C2. The number of piperazine rings is 1. The molecule has 6 heteroatoms. The van der Waals surface area contributed by atoms with Crippen molar-refractivity contribution in [2.45, 2.75) is 38.1 Å². The summed E-state index contributed by atoms with van der Waals surface area (Å²) in [6.07, 6.45) is 5.43. The van der Waals surface area contributed by atoms with Crippen molar-refractivity contribution in [1.82, 2.24) is 9.80 Å². The number of aromatic hydroxyl groups is 1. The molecule has 2 saturated carbocycles. The molecule has 2 unspecified atom stereocenters. The van der Waals surface area contributed by atoms with E-state index in [-0.39, 0.29) is 29.5 Å². The third kappa shape index (κ3) is 3.68. The van der Waals surface area contributed by atoms with Crippen molar-refractivity contribution >= 4 is 11.8 Å². The van der Waals surface area contributed by atoms with Crippen LogP contribution in [-0.2, 0) is 4.79 Å². The number of benzene rings is 1. The van der Waals surface area contributed by atoms with Crippen LogP contribution in [0.15, 0.2) is 24.3 Å². The van der Waals surface area contributed by atoms with E-state index in [0.29, 0.717) is 43.6 Å². The maximum Gasteiger partial charge on any atom is 0.254 e. The highest BCUT2D eigenvalue weighted by Crippen LogP contribution is 2.42. The summed E-state index contributed by atoms with van der Waals surface area (Å²) < 4.78 is 0. The molecule has 3 N–H and O–H groups in total. The molecule has 3 fully saturated rings. The van der Waals surface area contributed by atoms with Crippen LogP contribution >= 0.6 is 0 Å². The number of rotatable bonds is 2. The van der Waals surface area contributed by atoms with E-state index >= 15 is 0 Å². The highest BCUT2D eigenvalue weighted by atomic mass is 16.3. The quantitative estimate of drug-likeness (QED) is 0.830. The Morgan fingerprint density at radius 2 is 1.63 bits per heavy atom. The first kappa shape index (κ1) is 18.3. The van der Waals surface area contributed by atoms with Gasteiger partial charge in [0.05, 0.1) is 0 Å². The van der Waals surface area contributed by atoms with Crippen molar-refractivity contribution in [2.24, 2.45) is 23.5 Å². The van der Waals surface area contributed by atoms with E-state index in [1.54, 1.807) is 23.1 Å². The minimum absolute atomic E-state index is 0.0869. The van der Waals surface area contributed by atoms with Gasteiger partial charge in [0.15, 0.2) is 0 Å². The second-order valence-corrected chi connectivity index (χ2v) is 8.36. The summed E-state index contributed by atoms with van der Waals surface area (Å²) in [4.78, 5) is 29.3. The zero-order valence-electron chi connectivity index (χ0n) is 15.7. The lowest BCUT2D eigenvalue weighted by molar-refractivity contribution is -0.140. The van der Waals surface area contributed by atoms with Crippen molar-refractivity contribution < 1.29 is 14.7 Å². The average molecular weight is 371 g/mol. The predicted molar refractivity (Wildman–Crippen MR) is 102 cm³/mol. The van der Waals surface area contributed by atoms with E-state index in [2.05, 4.69) is 0 Å². The zero-order chi connectivity index (χ0) is 19.0. The molecule has 3 aliphatic rings. The van der Waals surface area contributed by atoms with E-state index in [1.165, 1.54) is 12.5 Å². The summed E-state index contributed by atoms with van der Waals surface area (Å²) in [5.74, 6) is 1.36. The monoisotopic (exact) mass is 371 g/mol. The van der Waals surface area contributed by atoms with Gasteiger partial charge in [-0.3, -0.25) is 9.59 Å². The highest BCUT2D eigenvalue weighted by Gasteiger charge is 2.42. The molecule has 2 atom stereocenters. The van der Waals surface area contributed by atoms with E-state index in [9.17, 15) is 14.7 Å². The number of hydrogen-bond acceptors (Lipinski definition) is 4. The van der Waals surface area contributed by atoms with Gasteiger partial charge >= 0.3 is 0 Å². The smallest absolute Gasteiger partial charge is 0.254 e. The normalized spacial score (nSPS) is 30.9. The number of amides is 2. The van der Waals surface area contributed by atoms with Gasteiger partial charge in [0, 0.05) is 43.7 Å². The molecular formula is C21H29N3O3. The van der Waals surface area contributed by atoms with Crippen molar-refractivity contribution in [2.75, 3.05) is 26.2 Å². The highest BCUT2D eigenvalue weighted by molar-refractivity contribution is 5.94. The third-order valence-electron chi connectivity index (χ3n) is 6.73. The second kappa shape index (κ2) is 7.50. The number of carbonyl (C=O) groups excluding carboxylic acids is 2. The van der Waals surface area contributed by atoms with Gasteiger partial charge in [-0.2, -0.15) is 0 Å². The van der Waals surface area contributed by atoms with Gasteiger partial charge in [-0.05, 0) is 55.7 Å². The number of phenols is 1. The van der Waals surface area contributed by atoms with Crippen LogP contribution in [0.5, 0.6) is 5.75 Å². The standard InChI is InChI=1S/C21H29N3O3/c22-19-14-3-1-4-15(19)12-17(11-14)21(27)24-9-7-23(8-10-24)20(26)16-5-2-6-18(25)13-16/h2,5-6,13-15,17,19,25H,1,3-4,7-12,22H2. The second-order valence-electron chi connectivity index (χ2n) is 8.36. The summed E-state index contributed by atoms with van der Waals surface area (Å²) in [5, 5.41) is 9.57. The number of nitrogens with zero attached hydrogens (tertiary/aromatic N) is 2. The largest absolute Gasteiger partial charge is 0.508 e. The fraction of sp³-hybridized carbons (Fsp3) is 0.619. The van der Waals surface area contributed by atoms with Gasteiger partial charge in [0.2, 0.25) is 5.91 Å². The average Bonchev–Trinajstić information content (AvgIpc) is 2.67. The van der Waals surface area contributed by atoms with Gasteiger partial charge in [-0.15, -0.1) is 0 Å². The molecule has 1 aliphatic heterocycles. The third-order valence-corrected chi connectivity index (χ3v) is 6.73. The molecule has 1 aromatic rings. The lowest BCUT2D eigenvalue weighted by Gasteiger charge is -2.45. The first-order valence-corrected chi connectivity index (χ1v) is 10.2. The molecule has 146 valence electrons. The van der Waals surface area contributed by atoms with Gasteiger partial charge in [-0.25, -0.2) is 0 Å². The molecule has 1 heterocycles. The van der Waals surface area contributed by atoms with Crippen LogP contribution in [0.25, 0.3) is 0 Å². The molecular weight excluding hydrogens is 342 g/mol. The van der Waals surface area contributed by atoms with Crippen LogP contribution in [-0.4, -0.2) is 58.9 Å². The number of hydrogen-bond donors (Lipinski definition) is 2. The lowest BCUT2D eigenvalue weighted by Crippen LogP contribution is -2.54. The van der Waals surface area contributed by atoms with Gasteiger partial charge in [0.25, 0.3) is 5.91 Å². The van der Waals surface area contributed by atoms with Crippen molar-refractivity contribution in [1.29, 1.82) is 0 Å². The van der Waals surface area contributed by atoms with Gasteiger partial charge in [0.1, 0.15) is 5.75 Å². The summed E-state index contributed by atoms with van der Waals surface area (Å²) in [7, 11) is 0. The van der Waals surface area contributed by atoms with Gasteiger partial charge in [-0.1, -0.05) is 12.5 Å². The molecule has 2 aliphatic carbocycles. The van der Waals surface area contributed by atoms with Crippen molar-refractivity contribution in [3.05, 3.63) is 29.8 Å². The van der Waals surface area contributed by atoms with Crippen molar-refractivity contribution in [3.63, 3.8) is 0 Å². The Kier molecular flexibility index (Phi) is 5.08. The first-order chi connectivity index (χ1) is 13.0. The van der Waals surface area contributed by atoms with E-state index in [0.717, 1.165) is 25.7 Å². The number of fused-ring (bicyclic) bond motifs is 2. The van der Waals surface area contributed by atoms with Gasteiger partial charge < -0.3 is 20.6 Å². The number of nitrogens with two attached hydrogens (primary N) is 1. The summed E-state index contributed by atoms with van der Waals surface area (Å²) >= 11 is 0. The van der Waals surface area contributed by atoms with E-state index in [4.69, 9.17) is 5.73 Å². The molecule has 2 amide bonds. The Morgan fingerprint density at radius 1 is 1.00 bits per heavy atom. The Balaban J connectivity index is 1.34. The molecule has 6 nitrogen and oxygen atoms in total. The van der Waals surface area contributed by atoms with Crippen LogP contribution < -0.4 is 5.73 Å². The number of phenolic OH excluding ortho intramolecular Hbond substituents is 1. The molecule has 0 spiro atoms. The summed E-state index contributed by atoms with van der Waals surface area (Å²) in [6, 6.07) is 6.71. The Bertz CT molecular complexity index is 700. The van der Waals surface area contributed by atoms with Crippen molar-refractivity contribution in [3.8, 4) is 5.75 Å². The van der Waals surface area contributed by atoms with Crippen LogP contribution in [0.1, 0.15) is 42.5 Å². The van der Waals surface area contributed by atoms with E-state index in [1.807, 2.05) is 4.90 Å². The maximum absolute atomic E-state index is 13.0. The molecule has 1 aromatic carbocycles. The molecule has 27 heavy (non-hydrogen) atoms. The zero-order valence-corrected chi connectivity index (χ0v) is 15.7. The van der Waals surface area contributed by atoms with Crippen LogP contribution in [0.4, 0.5) is 0 Å². The molecule has 1 saturated heterocycles. The summed E-state index contributed by atoms with van der Waals surface area (Å²) in [5.41, 5.74) is 6.85. The minimum atomic E-state index is -0.0869. The Hall–Kier alpha value is -2.08. The Labute approximate surface area is 160 Å².